The van der Waals surface area contributed by atoms with Crippen LogP contribution in [0, 0.1) is 45.3 Å². The molecule has 0 bridgehead atoms. The number of phenolic OH excluding ortho intramolecular Hbond substituents is 2. The molecular weight excluding hydrogens is 600 g/mol. The molecule has 4 saturated carbocycles. The molecule has 258 valence electrons. The van der Waals surface area contributed by atoms with Crippen molar-refractivity contribution in [2.24, 2.45) is 45.3 Å². The third-order valence-corrected chi connectivity index (χ3v) is 16.3. The first-order valence-electron chi connectivity index (χ1n) is 19.0. The second-order valence-electron chi connectivity index (χ2n) is 19.8. The van der Waals surface area contributed by atoms with Crippen molar-refractivity contribution in [1.29, 1.82) is 0 Å². The van der Waals surface area contributed by atoms with Crippen molar-refractivity contribution in [1.82, 2.24) is 0 Å². The summed E-state index contributed by atoms with van der Waals surface area (Å²) < 4.78 is 28.8. The number of ether oxygens (including phenoxy) is 4. The lowest BCUT2D eigenvalue weighted by Crippen LogP contribution is -2.64. The molecule has 2 aromatic carbocycles. The molecule has 2 aromatic rings. The Hall–Kier alpha value is -2.76. The van der Waals surface area contributed by atoms with Crippen molar-refractivity contribution in [3.8, 4) is 45.6 Å². The van der Waals surface area contributed by atoms with Crippen LogP contribution in [0.15, 0.2) is 12.1 Å². The number of hydrogen-bond donors (Lipinski definition) is 2. The Morgan fingerprint density at radius 2 is 0.958 bits per heavy atom. The minimum Gasteiger partial charge on any atom is -0.504 e. The van der Waals surface area contributed by atoms with E-state index in [-0.39, 0.29) is 57.2 Å². The van der Waals surface area contributed by atoms with Crippen molar-refractivity contribution >= 4 is 0 Å². The molecule has 48 heavy (non-hydrogen) atoms. The smallest absolute Gasteiger partial charge is 0.170 e. The number of hydrogen-bond acceptors (Lipinski definition) is 6. The normalized spacial score (nSPS) is 44.5. The maximum Gasteiger partial charge on any atom is 0.170 e. The van der Waals surface area contributed by atoms with Gasteiger partial charge in [-0.2, -0.15) is 0 Å². The van der Waals surface area contributed by atoms with Crippen molar-refractivity contribution in [2.45, 2.75) is 143 Å². The van der Waals surface area contributed by atoms with Crippen LogP contribution >= 0.6 is 0 Å². The van der Waals surface area contributed by atoms with Crippen LogP contribution in [0.1, 0.15) is 143 Å². The molecule has 4 aliphatic carbocycles. The van der Waals surface area contributed by atoms with Gasteiger partial charge in [0.1, 0.15) is 34.9 Å². The molecule has 6 nitrogen and oxygen atoms in total. The second kappa shape index (κ2) is 8.75. The molecule has 0 spiro atoms. The zero-order valence-electron chi connectivity index (χ0n) is 30.2. The first kappa shape index (κ1) is 30.1. The number of fused-ring (bicyclic) bond motifs is 8. The third kappa shape index (κ3) is 3.37. The second-order valence-corrected chi connectivity index (χ2v) is 19.8. The zero-order chi connectivity index (χ0) is 33.6. The highest BCUT2D eigenvalue weighted by atomic mass is 16.5. The largest absolute Gasteiger partial charge is 0.504 e. The van der Waals surface area contributed by atoms with E-state index in [1.807, 2.05) is 0 Å². The first-order valence-corrected chi connectivity index (χ1v) is 19.0. The van der Waals surface area contributed by atoms with Gasteiger partial charge in [0.05, 0.1) is 0 Å². The maximum absolute atomic E-state index is 11.9. The van der Waals surface area contributed by atoms with Crippen LogP contribution in [0.4, 0.5) is 0 Å². The number of rotatable bonds is 0. The van der Waals surface area contributed by atoms with E-state index in [2.05, 4.69) is 55.4 Å². The summed E-state index contributed by atoms with van der Waals surface area (Å²) in [4.78, 5) is 0. The number of phenols is 2. The summed E-state index contributed by atoms with van der Waals surface area (Å²) in [7, 11) is 0. The Bertz CT molecular complexity index is 1660. The highest BCUT2D eigenvalue weighted by Gasteiger charge is 2.68. The van der Waals surface area contributed by atoms with Gasteiger partial charge in [0.2, 0.25) is 0 Å². The topological polar surface area (TPSA) is 77.4 Å². The van der Waals surface area contributed by atoms with Gasteiger partial charge in [-0.05, 0) is 98.7 Å². The number of aromatic hydroxyl groups is 2. The van der Waals surface area contributed by atoms with E-state index in [0.717, 1.165) is 60.8 Å². The summed E-state index contributed by atoms with van der Waals surface area (Å²) in [6.45, 7) is 19.3. The molecule has 4 fully saturated rings. The fraction of sp³-hybridized carbons (Fsp3) is 0.714. The highest BCUT2D eigenvalue weighted by Crippen LogP contribution is 2.75. The van der Waals surface area contributed by atoms with E-state index < -0.39 is 11.2 Å². The third-order valence-electron chi connectivity index (χ3n) is 16.3. The zero-order valence-corrected chi connectivity index (χ0v) is 30.2. The Labute approximate surface area is 285 Å². The molecule has 0 saturated heterocycles. The average Bonchev–Trinajstić information content (AvgIpc) is 2.97. The van der Waals surface area contributed by atoms with E-state index in [0.29, 0.717) is 34.8 Å². The summed E-state index contributed by atoms with van der Waals surface area (Å²) >= 11 is 0. The van der Waals surface area contributed by atoms with E-state index in [1.165, 1.54) is 25.7 Å². The SMILES string of the molecule is CC1(C)CCC[C@@]2(C)C1CC[C@]1(C)Oc3cc(O)c4c5c3[C@@H](Oc3c(O)cc6c(c3-5)[C@@H](O4)[C@@H]3[C@@]4(C)CCCC(C)(C)C4CC[C@]3(C)O6)[C@H]21. The summed E-state index contributed by atoms with van der Waals surface area (Å²) in [6.07, 6.45) is 10.6. The molecule has 2 unspecified atom stereocenters. The standard InChI is InChI=1S/C42H54O6/c1-37(2)13-9-15-39(5)25(37)11-17-41(7)35(39)33-27-23(47-41)19-22(44)32-29(27)30-28-24(20-21(43)31(30)45-33)48-42(8)18-12-26-38(3,4)14-10-16-40(26,6)36(42)34(28)46-32/h19-20,25-26,33-36,43-44H,9-18H2,1-8H3/t25?,26?,33-,34-,35-,36-,39+,40+,41+,42+/m1/s1. The predicted octanol–water partition coefficient (Wildman–Crippen LogP) is 10.4. The lowest BCUT2D eigenvalue weighted by Gasteiger charge is -2.66. The quantitative estimate of drug-likeness (QED) is 0.294. The predicted molar refractivity (Wildman–Crippen MR) is 184 cm³/mol. The molecule has 8 aliphatic rings. The minimum absolute atomic E-state index is 0.00826. The molecule has 10 atom stereocenters. The van der Waals surface area contributed by atoms with Crippen LogP contribution in [-0.4, -0.2) is 21.4 Å². The fourth-order valence-corrected chi connectivity index (χ4v) is 14.7. The molecule has 10 rings (SSSR count). The highest BCUT2D eigenvalue weighted by molar-refractivity contribution is 5.92. The Morgan fingerprint density at radius 1 is 0.562 bits per heavy atom. The van der Waals surface area contributed by atoms with E-state index in [4.69, 9.17) is 18.9 Å². The Balaban J connectivity index is 1.20. The van der Waals surface area contributed by atoms with Crippen LogP contribution in [-0.2, 0) is 0 Å². The lowest BCUT2D eigenvalue weighted by atomic mass is 9.43. The molecular formula is C42H54O6. The molecule has 6 heteroatoms. The summed E-state index contributed by atoms with van der Waals surface area (Å²) in [5.74, 6) is 3.90. The minimum atomic E-state index is -0.458. The average molecular weight is 655 g/mol. The van der Waals surface area contributed by atoms with E-state index >= 15 is 0 Å². The number of benzene rings is 2. The summed E-state index contributed by atoms with van der Waals surface area (Å²) in [5.41, 5.74) is 3.19. The Kier molecular flexibility index (Phi) is 5.48. The molecule has 4 aliphatic heterocycles. The van der Waals surface area contributed by atoms with Crippen molar-refractivity contribution in [3.05, 3.63) is 23.3 Å². The molecule has 0 aromatic heterocycles. The Morgan fingerprint density at radius 3 is 1.35 bits per heavy atom. The van der Waals surface area contributed by atoms with Gasteiger partial charge in [0.15, 0.2) is 23.0 Å². The van der Waals surface area contributed by atoms with Crippen molar-refractivity contribution in [2.75, 3.05) is 0 Å². The lowest BCUT2D eigenvalue weighted by molar-refractivity contribution is -0.201. The molecule has 4 heterocycles. The van der Waals surface area contributed by atoms with Gasteiger partial charge in [0, 0.05) is 46.2 Å². The van der Waals surface area contributed by atoms with Gasteiger partial charge in [-0.3, -0.25) is 0 Å². The summed E-state index contributed by atoms with van der Waals surface area (Å²) in [5, 5.41) is 23.8. The summed E-state index contributed by atoms with van der Waals surface area (Å²) in [6, 6.07) is 3.61. The van der Waals surface area contributed by atoms with Crippen LogP contribution in [0.5, 0.6) is 34.5 Å². The van der Waals surface area contributed by atoms with E-state index in [9.17, 15) is 10.2 Å². The monoisotopic (exact) mass is 654 g/mol. The molecule has 0 amide bonds. The fourth-order valence-electron chi connectivity index (χ4n) is 14.7. The van der Waals surface area contributed by atoms with Gasteiger partial charge in [-0.15, -0.1) is 0 Å². The van der Waals surface area contributed by atoms with Gasteiger partial charge >= 0.3 is 0 Å². The van der Waals surface area contributed by atoms with Crippen molar-refractivity contribution < 1.29 is 29.2 Å². The van der Waals surface area contributed by atoms with Gasteiger partial charge in [0.25, 0.3) is 0 Å². The molecule has 2 N–H and O–H groups in total. The van der Waals surface area contributed by atoms with Crippen LogP contribution in [0.2, 0.25) is 0 Å². The van der Waals surface area contributed by atoms with Crippen molar-refractivity contribution in [3.63, 3.8) is 0 Å². The van der Waals surface area contributed by atoms with Gasteiger partial charge in [-0.1, -0.05) is 54.4 Å². The molecule has 0 radical (unpaired) electrons. The first-order chi connectivity index (χ1) is 22.5. The van der Waals surface area contributed by atoms with E-state index in [1.54, 1.807) is 12.1 Å². The van der Waals surface area contributed by atoms with Gasteiger partial charge < -0.3 is 29.2 Å². The van der Waals surface area contributed by atoms with Crippen LogP contribution < -0.4 is 18.9 Å². The maximum atomic E-state index is 11.9. The van der Waals surface area contributed by atoms with Crippen LogP contribution in [0.3, 0.4) is 0 Å². The van der Waals surface area contributed by atoms with Gasteiger partial charge in [-0.25, -0.2) is 0 Å². The van der Waals surface area contributed by atoms with Crippen LogP contribution in [0.25, 0.3) is 11.1 Å².